The van der Waals surface area contributed by atoms with Gasteiger partial charge in [-0.15, -0.1) is 0 Å². The number of carbonyl (C=O) groups excluding carboxylic acids is 1. The molecule has 0 saturated heterocycles. The van der Waals surface area contributed by atoms with Gasteiger partial charge in [0.2, 0.25) is 0 Å². The van der Waals surface area contributed by atoms with Gasteiger partial charge in [0.05, 0.1) is 24.7 Å². The molecule has 172 valence electrons. The zero-order chi connectivity index (χ0) is 23.7. The molecule has 4 rings (SSSR count). The van der Waals surface area contributed by atoms with Crippen LogP contribution in [0, 0.1) is 6.92 Å². The number of alkyl halides is 2. The van der Waals surface area contributed by atoms with Gasteiger partial charge >= 0.3 is 0 Å². The van der Waals surface area contributed by atoms with Gasteiger partial charge in [0.25, 0.3) is 12.3 Å². The molecule has 0 aliphatic heterocycles. The summed E-state index contributed by atoms with van der Waals surface area (Å²) in [5.74, 6) is 0.269. The summed E-state index contributed by atoms with van der Waals surface area (Å²) in [5, 5.41) is 8.44. The molecule has 10 heteroatoms. The fraction of sp³-hybridized carbons (Fsp3) is 0.304. The van der Waals surface area contributed by atoms with Gasteiger partial charge < -0.3 is 9.64 Å². The van der Waals surface area contributed by atoms with Crippen molar-refractivity contribution < 1.29 is 18.3 Å². The number of carbonyl (C=O) groups is 1. The SMILES string of the molecule is CCn1cc(CN(C)C(=O)c2cnn3c(C(F)F)cc(-c4ccc(OC)cc4)nc23)c(C)n1. The topological polar surface area (TPSA) is 77.6 Å². The van der Waals surface area contributed by atoms with Gasteiger partial charge in [-0.2, -0.15) is 10.2 Å². The minimum atomic E-state index is -2.80. The second-order valence-electron chi connectivity index (χ2n) is 7.65. The Morgan fingerprint density at radius 1 is 1.24 bits per heavy atom. The van der Waals surface area contributed by atoms with Gasteiger partial charge in [-0.1, -0.05) is 0 Å². The van der Waals surface area contributed by atoms with E-state index in [1.165, 1.54) is 17.2 Å². The molecule has 0 atom stereocenters. The maximum atomic E-state index is 13.8. The number of benzene rings is 1. The Bertz CT molecular complexity index is 1300. The van der Waals surface area contributed by atoms with Crippen molar-refractivity contribution in [3.05, 3.63) is 65.2 Å². The van der Waals surface area contributed by atoms with E-state index in [0.717, 1.165) is 22.3 Å². The second kappa shape index (κ2) is 8.97. The zero-order valence-electron chi connectivity index (χ0n) is 18.8. The Morgan fingerprint density at radius 3 is 2.58 bits per heavy atom. The molecule has 0 fully saturated rings. The van der Waals surface area contributed by atoms with Crippen LogP contribution in [0.4, 0.5) is 8.78 Å². The maximum Gasteiger partial charge on any atom is 0.280 e. The van der Waals surface area contributed by atoms with Crippen LogP contribution in [0.1, 0.15) is 40.7 Å². The summed E-state index contributed by atoms with van der Waals surface area (Å²) in [6, 6.07) is 8.18. The van der Waals surface area contributed by atoms with Gasteiger partial charge in [-0.3, -0.25) is 9.48 Å². The predicted molar refractivity (Wildman–Crippen MR) is 118 cm³/mol. The highest BCUT2D eigenvalue weighted by Gasteiger charge is 2.24. The van der Waals surface area contributed by atoms with Crippen molar-refractivity contribution in [1.82, 2.24) is 29.3 Å². The average molecular weight is 454 g/mol. The summed E-state index contributed by atoms with van der Waals surface area (Å²) in [6.07, 6.45) is 0.382. The summed E-state index contributed by atoms with van der Waals surface area (Å²) < 4.78 is 35.7. The number of aromatic nitrogens is 5. The monoisotopic (exact) mass is 454 g/mol. The fourth-order valence-electron chi connectivity index (χ4n) is 3.61. The number of nitrogens with zero attached hydrogens (tertiary/aromatic N) is 6. The predicted octanol–water partition coefficient (Wildman–Crippen LogP) is 4.14. The molecule has 0 bridgehead atoms. The quantitative estimate of drug-likeness (QED) is 0.420. The lowest BCUT2D eigenvalue weighted by Crippen LogP contribution is -2.26. The second-order valence-corrected chi connectivity index (χ2v) is 7.65. The minimum absolute atomic E-state index is 0.0800. The molecule has 0 saturated carbocycles. The first-order valence-electron chi connectivity index (χ1n) is 10.4. The van der Waals surface area contributed by atoms with Crippen molar-refractivity contribution in [2.24, 2.45) is 0 Å². The van der Waals surface area contributed by atoms with Crippen LogP contribution in [0.2, 0.25) is 0 Å². The number of methoxy groups -OCH3 is 1. The van der Waals surface area contributed by atoms with Crippen LogP contribution in [0.5, 0.6) is 5.75 Å². The first kappa shape index (κ1) is 22.4. The van der Waals surface area contributed by atoms with Gasteiger partial charge in [0, 0.05) is 37.5 Å². The lowest BCUT2D eigenvalue weighted by atomic mass is 10.1. The van der Waals surface area contributed by atoms with Crippen LogP contribution in [0.25, 0.3) is 16.9 Å². The van der Waals surface area contributed by atoms with Crippen LogP contribution in [0.3, 0.4) is 0 Å². The van der Waals surface area contributed by atoms with Crippen LogP contribution in [0.15, 0.2) is 42.7 Å². The highest BCUT2D eigenvalue weighted by atomic mass is 19.3. The summed E-state index contributed by atoms with van der Waals surface area (Å²) in [5.41, 5.74) is 2.56. The smallest absolute Gasteiger partial charge is 0.280 e. The molecule has 8 nitrogen and oxygen atoms in total. The van der Waals surface area contributed by atoms with E-state index in [-0.39, 0.29) is 22.8 Å². The molecule has 1 aromatic carbocycles. The standard InChI is InChI=1S/C23H24F2N6O2/c1-5-30-13-16(14(2)28-30)12-29(3)23(32)18-11-26-31-20(21(24)25)10-19(27-22(18)31)15-6-8-17(33-4)9-7-15/h6-11,13,21H,5,12H2,1-4H3. The Morgan fingerprint density at radius 2 is 1.97 bits per heavy atom. The minimum Gasteiger partial charge on any atom is -0.497 e. The van der Waals surface area contributed by atoms with Crippen LogP contribution in [-0.4, -0.2) is 49.3 Å². The summed E-state index contributed by atoms with van der Waals surface area (Å²) >= 11 is 0. The van der Waals surface area contributed by atoms with Gasteiger partial charge in [-0.25, -0.2) is 18.3 Å². The Hall–Kier alpha value is -3.82. The van der Waals surface area contributed by atoms with Crippen LogP contribution < -0.4 is 4.74 Å². The third kappa shape index (κ3) is 4.28. The maximum absolute atomic E-state index is 13.8. The molecule has 3 aromatic heterocycles. The third-order valence-corrected chi connectivity index (χ3v) is 5.47. The van der Waals surface area contributed by atoms with E-state index in [2.05, 4.69) is 15.2 Å². The van der Waals surface area contributed by atoms with E-state index in [4.69, 9.17) is 4.74 Å². The highest BCUT2D eigenvalue weighted by Crippen LogP contribution is 2.28. The van der Waals surface area contributed by atoms with Crippen molar-refractivity contribution in [1.29, 1.82) is 0 Å². The molecule has 4 aromatic rings. The number of halogens is 2. The number of ether oxygens (including phenoxy) is 1. The molecule has 0 unspecified atom stereocenters. The van der Waals surface area contributed by atoms with Crippen molar-refractivity contribution in [2.75, 3.05) is 14.2 Å². The molecule has 0 spiro atoms. The van der Waals surface area contributed by atoms with E-state index in [1.807, 2.05) is 20.0 Å². The van der Waals surface area contributed by atoms with Crippen LogP contribution in [-0.2, 0) is 13.1 Å². The summed E-state index contributed by atoms with van der Waals surface area (Å²) in [7, 11) is 3.19. The molecular weight excluding hydrogens is 430 g/mol. The van der Waals surface area contributed by atoms with Gasteiger partial charge in [-0.05, 0) is 44.2 Å². The van der Waals surface area contributed by atoms with E-state index in [1.54, 1.807) is 43.1 Å². The molecule has 0 radical (unpaired) electrons. The third-order valence-electron chi connectivity index (χ3n) is 5.47. The zero-order valence-corrected chi connectivity index (χ0v) is 18.8. The average Bonchev–Trinajstić information content (AvgIpc) is 3.40. The molecule has 3 heterocycles. The first-order valence-corrected chi connectivity index (χ1v) is 10.4. The number of hydrogen-bond donors (Lipinski definition) is 0. The Kier molecular flexibility index (Phi) is 6.08. The molecule has 0 aliphatic rings. The number of aryl methyl sites for hydroxylation is 2. The normalized spacial score (nSPS) is 11.4. The molecule has 0 aliphatic carbocycles. The molecule has 1 amide bonds. The largest absolute Gasteiger partial charge is 0.497 e. The lowest BCUT2D eigenvalue weighted by molar-refractivity contribution is 0.0786. The van der Waals surface area contributed by atoms with Gasteiger partial charge in [0.1, 0.15) is 17.0 Å². The summed E-state index contributed by atoms with van der Waals surface area (Å²) in [6.45, 7) is 4.91. The number of hydrogen-bond acceptors (Lipinski definition) is 5. The van der Waals surface area contributed by atoms with E-state index in [9.17, 15) is 13.6 Å². The fourth-order valence-corrected chi connectivity index (χ4v) is 3.61. The summed E-state index contributed by atoms with van der Waals surface area (Å²) in [4.78, 5) is 19.2. The Labute approximate surface area is 189 Å². The molecular formula is C23H24F2N6O2. The highest BCUT2D eigenvalue weighted by molar-refractivity contribution is 5.99. The lowest BCUT2D eigenvalue weighted by Gasteiger charge is -2.16. The number of fused-ring (bicyclic) bond motifs is 1. The molecule has 0 N–H and O–H groups in total. The van der Waals surface area contributed by atoms with Crippen molar-refractivity contribution >= 4 is 11.6 Å². The Balaban J connectivity index is 1.73. The first-order chi connectivity index (χ1) is 15.8. The number of rotatable bonds is 7. The molecule has 33 heavy (non-hydrogen) atoms. The van der Waals surface area contributed by atoms with E-state index in [0.29, 0.717) is 23.6 Å². The van der Waals surface area contributed by atoms with E-state index >= 15 is 0 Å². The van der Waals surface area contributed by atoms with Crippen LogP contribution >= 0.6 is 0 Å². The van der Waals surface area contributed by atoms with Crippen molar-refractivity contribution in [3.63, 3.8) is 0 Å². The number of amides is 1. The van der Waals surface area contributed by atoms with Crippen molar-refractivity contribution in [2.45, 2.75) is 33.4 Å². The van der Waals surface area contributed by atoms with Gasteiger partial charge in [0.15, 0.2) is 5.65 Å². The van der Waals surface area contributed by atoms with E-state index < -0.39 is 6.43 Å². The van der Waals surface area contributed by atoms with Crippen molar-refractivity contribution in [3.8, 4) is 17.0 Å².